The Bertz CT molecular complexity index is 989. The van der Waals surface area contributed by atoms with Crippen LogP contribution in [0.2, 0.25) is 0 Å². The largest absolute Gasteiger partial charge is 0.488 e. The fourth-order valence-corrected chi connectivity index (χ4v) is 4.43. The number of hydrogen-bond acceptors (Lipinski definition) is 7. The van der Waals surface area contributed by atoms with E-state index in [9.17, 15) is 0 Å². The van der Waals surface area contributed by atoms with Crippen LogP contribution < -0.4 is 15.0 Å². The van der Waals surface area contributed by atoms with E-state index < -0.39 is 0 Å². The van der Waals surface area contributed by atoms with Crippen LogP contribution >= 0.6 is 0 Å². The number of benzene rings is 1. The molecular formula is C25H33N5O2. The van der Waals surface area contributed by atoms with Gasteiger partial charge >= 0.3 is 0 Å². The summed E-state index contributed by atoms with van der Waals surface area (Å²) in [6.07, 6.45) is 11.7. The molecule has 0 unspecified atom stereocenters. The molecule has 170 valence electrons. The average Bonchev–Trinajstić information content (AvgIpc) is 2.84. The molecule has 1 aliphatic carbocycles. The topological polar surface area (TPSA) is 71.9 Å². The minimum atomic E-state index is 0.166. The first kappa shape index (κ1) is 22.3. The molecule has 32 heavy (non-hydrogen) atoms. The van der Waals surface area contributed by atoms with Crippen LogP contribution in [0.1, 0.15) is 39.5 Å². The minimum Gasteiger partial charge on any atom is -0.488 e. The molecule has 0 radical (unpaired) electrons. The Hall–Kier alpha value is -2.93. The third kappa shape index (κ3) is 5.27. The minimum absolute atomic E-state index is 0.166. The van der Waals surface area contributed by atoms with Crippen LogP contribution in [0.15, 0.2) is 53.1 Å². The van der Waals surface area contributed by atoms with E-state index >= 15 is 0 Å². The Balaban J connectivity index is 1.45. The number of rotatable bonds is 7. The fraction of sp³-hybridized carbons (Fsp3) is 0.480. The van der Waals surface area contributed by atoms with E-state index in [4.69, 9.17) is 9.47 Å². The third-order valence-corrected chi connectivity index (χ3v) is 6.16. The highest BCUT2D eigenvalue weighted by Gasteiger charge is 2.24. The van der Waals surface area contributed by atoms with Gasteiger partial charge in [-0.15, -0.1) is 0 Å². The zero-order valence-electron chi connectivity index (χ0n) is 19.1. The summed E-state index contributed by atoms with van der Waals surface area (Å²) in [7, 11) is 0. The summed E-state index contributed by atoms with van der Waals surface area (Å²) in [5, 5.41) is 3.56. The highest BCUT2D eigenvalue weighted by atomic mass is 16.5. The second-order valence-electron chi connectivity index (χ2n) is 8.39. The Morgan fingerprint density at radius 1 is 1.19 bits per heavy atom. The van der Waals surface area contributed by atoms with Crippen LogP contribution in [-0.2, 0) is 4.74 Å². The van der Waals surface area contributed by atoms with E-state index in [0.29, 0.717) is 6.04 Å². The number of fused-ring (bicyclic) bond motifs is 1. The van der Waals surface area contributed by atoms with E-state index in [1.54, 1.807) is 12.4 Å². The van der Waals surface area contributed by atoms with Crippen molar-refractivity contribution in [3.05, 3.63) is 48.1 Å². The maximum atomic E-state index is 6.52. The summed E-state index contributed by atoms with van der Waals surface area (Å²) in [5.41, 5.74) is 3.92. The van der Waals surface area contributed by atoms with Gasteiger partial charge in [0, 0.05) is 43.3 Å². The van der Waals surface area contributed by atoms with E-state index in [1.807, 2.05) is 13.0 Å². The molecule has 2 heterocycles. The summed E-state index contributed by atoms with van der Waals surface area (Å²) in [6, 6.07) is 4.60. The van der Waals surface area contributed by atoms with Crippen molar-refractivity contribution in [1.29, 1.82) is 0 Å². The molecule has 1 saturated heterocycles. The zero-order valence-corrected chi connectivity index (χ0v) is 19.1. The van der Waals surface area contributed by atoms with Gasteiger partial charge in [-0.2, -0.15) is 0 Å². The van der Waals surface area contributed by atoms with E-state index in [1.165, 1.54) is 0 Å². The van der Waals surface area contributed by atoms with Gasteiger partial charge in [0.2, 0.25) is 0 Å². The SMILES string of the molecule is C=N/C(N[C@H]1CC[C@@H](Oc2cc(N3CCOCC3)cc3nccnc23)CC1)=C(C)\C=C/C. The summed E-state index contributed by atoms with van der Waals surface area (Å²) >= 11 is 0. The molecule has 1 aromatic carbocycles. The number of morpholine rings is 1. The molecule has 2 aromatic rings. The Morgan fingerprint density at radius 3 is 2.66 bits per heavy atom. The van der Waals surface area contributed by atoms with Crippen LogP contribution in [0.3, 0.4) is 0 Å². The zero-order chi connectivity index (χ0) is 22.3. The van der Waals surface area contributed by atoms with E-state index in [0.717, 1.165) is 85.9 Å². The van der Waals surface area contributed by atoms with Crippen LogP contribution in [-0.4, -0.2) is 55.1 Å². The van der Waals surface area contributed by atoms with Gasteiger partial charge in [0.05, 0.1) is 24.8 Å². The Kier molecular flexibility index (Phi) is 7.37. The van der Waals surface area contributed by atoms with Crippen LogP contribution in [0.4, 0.5) is 5.69 Å². The molecule has 0 atom stereocenters. The maximum absolute atomic E-state index is 6.52. The summed E-state index contributed by atoms with van der Waals surface area (Å²) in [5.74, 6) is 1.69. The molecule has 4 rings (SSSR count). The Morgan fingerprint density at radius 2 is 1.94 bits per heavy atom. The number of anilines is 1. The van der Waals surface area contributed by atoms with E-state index in [-0.39, 0.29) is 6.10 Å². The van der Waals surface area contributed by atoms with Crippen molar-refractivity contribution in [3.8, 4) is 5.75 Å². The van der Waals surface area contributed by atoms with Gasteiger partial charge in [-0.3, -0.25) is 4.98 Å². The van der Waals surface area contributed by atoms with Crippen LogP contribution in [0.25, 0.3) is 11.0 Å². The summed E-state index contributed by atoms with van der Waals surface area (Å²) < 4.78 is 12.0. The van der Waals surface area contributed by atoms with Gasteiger partial charge in [0.15, 0.2) is 0 Å². The van der Waals surface area contributed by atoms with Crippen molar-refractivity contribution in [2.24, 2.45) is 4.99 Å². The van der Waals surface area contributed by atoms with Crippen molar-refractivity contribution in [2.45, 2.75) is 51.7 Å². The molecule has 1 aliphatic heterocycles. The molecule has 1 N–H and O–H groups in total. The number of hydrogen-bond donors (Lipinski definition) is 1. The quantitative estimate of drug-likeness (QED) is 0.518. The molecular weight excluding hydrogens is 402 g/mol. The van der Waals surface area contributed by atoms with Gasteiger partial charge < -0.3 is 19.7 Å². The van der Waals surface area contributed by atoms with Crippen molar-refractivity contribution in [3.63, 3.8) is 0 Å². The van der Waals surface area contributed by atoms with Gasteiger partial charge in [-0.1, -0.05) is 12.2 Å². The molecule has 1 saturated carbocycles. The van der Waals surface area contributed by atoms with Crippen LogP contribution in [0.5, 0.6) is 5.75 Å². The Labute approximate surface area is 190 Å². The fourth-order valence-electron chi connectivity index (χ4n) is 4.43. The molecule has 7 nitrogen and oxygen atoms in total. The van der Waals surface area contributed by atoms with Crippen molar-refractivity contribution >= 4 is 23.4 Å². The molecule has 2 fully saturated rings. The molecule has 0 bridgehead atoms. The maximum Gasteiger partial charge on any atom is 0.149 e. The molecule has 0 spiro atoms. The lowest BCUT2D eigenvalue weighted by Crippen LogP contribution is -2.36. The van der Waals surface area contributed by atoms with Crippen molar-refractivity contribution in [1.82, 2.24) is 15.3 Å². The lowest BCUT2D eigenvalue weighted by Gasteiger charge is -2.32. The van der Waals surface area contributed by atoms with Gasteiger partial charge in [0.1, 0.15) is 17.1 Å². The van der Waals surface area contributed by atoms with Gasteiger partial charge in [0.25, 0.3) is 0 Å². The lowest BCUT2D eigenvalue weighted by atomic mass is 9.92. The van der Waals surface area contributed by atoms with Crippen molar-refractivity contribution in [2.75, 3.05) is 31.2 Å². The number of nitrogens with zero attached hydrogens (tertiary/aromatic N) is 4. The average molecular weight is 436 g/mol. The smallest absolute Gasteiger partial charge is 0.149 e. The number of aromatic nitrogens is 2. The second kappa shape index (κ2) is 10.6. The highest BCUT2D eigenvalue weighted by Crippen LogP contribution is 2.33. The predicted molar refractivity (Wildman–Crippen MR) is 129 cm³/mol. The number of allylic oxidation sites excluding steroid dienone is 3. The monoisotopic (exact) mass is 435 g/mol. The third-order valence-electron chi connectivity index (χ3n) is 6.16. The van der Waals surface area contributed by atoms with Gasteiger partial charge in [-0.25, -0.2) is 9.98 Å². The second-order valence-corrected chi connectivity index (χ2v) is 8.39. The van der Waals surface area contributed by atoms with Crippen LogP contribution in [0, 0.1) is 0 Å². The van der Waals surface area contributed by atoms with Crippen molar-refractivity contribution < 1.29 is 9.47 Å². The molecule has 1 aromatic heterocycles. The first-order valence-corrected chi connectivity index (χ1v) is 11.5. The molecule has 7 heteroatoms. The summed E-state index contributed by atoms with van der Waals surface area (Å²) in [6.45, 7) is 11.0. The lowest BCUT2D eigenvalue weighted by molar-refractivity contribution is 0.122. The number of ether oxygens (including phenoxy) is 2. The predicted octanol–water partition coefficient (Wildman–Crippen LogP) is 4.25. The first-order valence-electron chi connectivity index (χ1n) is 11.5. The highest BCUT2D eigenvalue weighted by molar-refractivity contribution is 5.85. The molecule has 0 amide bonds. The number of aliphatic imine (C=N–C) groups is 1. The standard InChI is InChI=1S/C25H33N5O2/c1-4-5-18(2)25(26-3)29-19-6-8-21(9-7-19)32-23-17-20(30-12-14-31-15-13-30)16-22-24(23)28-11-10-27-22/h4-5,10-11,16-17,19,21,29H,3,6-9,12-15H2,1-2H3/b5-4-,25-18+/t19-,21+. The van der Waals surface area contributed by atoms with Gasteiger partial charge in [-0.05, 0) is 57.9 Å². The number of nitrogens with one attached hydrogen (secondary N) is 1. The summed E-state index contributed by atoms with van der Waals surface area (Å²) in [4.78, 5) is 15.6. The molecule has 2 aliphatic rings. The first-order chi connectivity index (χ1) is 15.7. The van der Waals surface area contributed by atoms with E-state index in [2.05, 4.69) is 57.0 Å². The normalized spacial score (nSPS) is 22.6.